The van der Waals surface area contributed by atoms with Crippen LogP contribution in [0.25, 0.3) is 6.08 Å². The van der Waals surface area contributed by atoms with Gasteiger partial charge in [0.15, 0.2) is 0 Å². The van der Waals surface area contributed by atoms with Crippen molar-refractivity contribution in [1.82, 2.24) is 5.32 Å². The van der Waals surface area contributed by atoms with Crippen molar-refractivity contribution in [3.05, 3.63) is 71.2 Å². The summed E-state index contributed by atoms with van der Waals surface area (Å²) in [5.74, 6) is 0.926. The van der Waals surface area contributed by atoms with Crippen LogP contribution in [0.2, 0.25) is 0 Å². The minimum Gasteiger partial charge on any atom is -0.497 e. The molecule has 1 heterocycles. The summed E-state index contributed by atoms with van der Waals surface area (Å²) in [6.45, 7) is 0. The second-order valence-corrected chi connectivity index (χ2v) is 5.44. The summed E-state index contributed by atoms with van der Waals surface area (Å²) in [4.78, 5) is 16.4. The fourth-order valence-electron chi connectivity index (χ4n) is 2.41. The molecular weight excluding hydrogens is 307 g/mol. The fourth-order valence-corrected chi connectivity index (χ4v) is 2.41. The highest BCUT2D eigenvalue weighted by Crippen LogP contribution is 2.17. The topological polar surface area (TPSA) is 50.7 Å². The Morgan fingerprint density at radius 3 is 2.46 bits per heavy atom. The minimum atomic E-state index is -0.255. The monoisotopic (exact) mass is 324 g/mol. The van der Waals surface area contributed by atoms with Crippen LogP contribution < -0.4 is 10.1 Å². The van der Waals surface area contributed by atoms with Gasteiger partial charge in [0.25, 0.3) is 5.91 Å². The molecule has 122 valence electrons. The van der Waals surface area contributed by atoms with Gasteiger partial charge >= 0.3 is 0 Å². The zero-order valence-electron chi connectivity index (χ0n) is 13.3. The zero-order valence-corrected chi connectivity index (χ0v) is 13.3. The number of amides is 1. The van der Waals surface area contributed by atoms with E-state index in [1.807, 2.05) is 24.3 Å². The molecule has 0 radical (unpaired) electrons. The number of rotatable bonds is 5. The Balaban J connectivity index is 1.67. The molecule has 0 aliphatic carbocycles. The molecule has 1 amide bonds. The molecule has 0 saturated carbocycles. The molecule has 5 heteroatoms. The van der Waals surface area contributed by atoms with Crippen LogP contribution in [0.3, 0.4) is 0 Å². The van der Waals surface area contributed by atoms with Crippen LogP contribution in [0.1, 0.15) is 17.5 Å². The van der Waals surface area contributed by atoms with Gasteiger partial charge in [-0.05, 0) is 47.9 Å². The number of nitrogens with one attached hydrogen (secondary N) is 1. The number of carbonyl (C=O) groups excluding carboxylic acids is 1. The first kappa shape index (κ1) is 15.9. The van der Waals surface area contributed by atoms with Crippen LogP contribution >= 0.6 is 0 Å². The molecule has 0 unspecified atom stereocenters. The van der Waals surface area contributed by atoms with Gasteiger partial charge in [0.05, 0.1) is 7.11 Å². The number of carbonyl (C=O) groups is 1. The first-order valence-corrected chi connectivity index (χ1v) is 7.63. The predicted octanol–water partition coefficient (Wildman–Crippen LogP) is 3.34. The van der Waals surface area contributed by atoms with Crippen molar-refractivity contribution in [3.8, 4) is 5.75 Å². The molecule has 4 nitrogen and oxygen atoms in total. The molecule has 0 aromatic heterocycles. The van der Waals surface area contributed by atoms with E-state index in [0.717, 1.165) is 16.9 Å². The number of methoxy groups -OCH3 is 1. The lowest BCUT2D eigenvalue weighted by molar-refractivity contribution is -0.115. The Hall–Kier alpha value is -2.95. The lowest BCUT2D eigenvalue weighted by Gasteiger charge is -2.01. The van der Waals surface area contributed by atoms with Crippen molar-refractivity contribution < 1.29 is 13.9 Å². The number of nitrogens with zero attached hydrogens (tertiary/aromatic N) is 1. The second-order valence-electron chi connectivity index (χ2n) is 5.44. The fraction of sp³-hybridized carbons (Fsp3) is 0.158. The summed E-state index contributed by atoms with van der Waals surface area (Å²) < 4.78 is 18.0. The normalized spacial score (nSPS) is 15.3. The number of halogens is 1. The molecule has 0 bridgehead atoms. The van der Waals surface area contributed by atoms with Gasteiger partial charge in [-0.1, -0.05) is 24.3 Å². The van der Waals surface area contributed by atoms with Gasteiger partial charge < -0.3 is 10.1 Å². The summed E-state index contributed by atoms with van der Waals surface area (Å²) in [6, 6.07) is 13.7. The maximum absolute atomic E-state index is 12.9. The Kier molecular flexibility index (Phi) is 4.70. The summed E-state index contributed by atoms with van der Waals surface area (Å²) in [5, 5.41) is 2.77. The van der Waals surface area contributed by atoms with E-state index in [4.69, 9.17) is 4.74 Å². The van der Waals surface area contributed by atoms with E-state index < -0.39 is 0 Å². The number of hydrogen-bond acceptors (Lipinski definition) is 3. The van der Waals surface area contributed by atoms with Crippen LogP contribution in [0, 0.1) is 5.82 Å². The van der Waals surface area contributed by atoms with E-state index in [9.17, 15) is 9.18 Å². The number of hydrogen-bond donors (Lipinski definition) is 1. The minimum absolute atomic E-state index is 0.208. The summed E-state index contributed by atoms with van der Waals surface area (Å²) in [6.07, 6.45) is 3.02. The molecule has 24 heavy (non-hydrogen) atoms. The number of amidine groups is 1. The van der Waals surface area contributed by atoms with Crippen LogP contribution in [0.15, 0.2) is 59.2 Å². The van der Waals surface area contributed by atoms with Crippen LogP contribution in [-0.4, -0.2) is 18.9 Å². The first-order chi connectivity index (χ1) is 11.6. The van der Waals surface area contributed by atoms with Gasteiger partial charge in [-0.2, -0.15) is 0 Å². The van der Waals surface area contributed by atoms with Gasteiger partial charge in [-0.3, -0.25) is 4.79 Å². The van der Waals surface area contributed by atoms with Crippen molar-refractivity contribution in [1.29, 1.82) is 0 Å². The smallest absolute Gasteiger partial charge is 0.275 e. The standard InChI is InChI=1S/C19H17FN2O2/c1-24-16-9-4-14(5-10-16)12-17-19(23)22-18(21-17)11-6-13-2-7-15(20)8-3-13/h2-5,7-10,12H,6,11H2,1H3,(H,21,22,23)/b17-12+. The molecule has 0 atom stereocenters. The van der Waals surface area contributed by atoms with E-state index in [1.54, 1.807) is 25.3 Å². The molecule has 1 N–H and O–H groups in total. The van der Waals surface area contributed by atoms with Crippen LogP contribution in [0.5, 0.6) is 5.75 Å². The van der Waals surface area contributed by atoms with E-state index in [2.05, 4.69) is 10.3 Å². The van der Waals surface area contributed by atoms with Gasteiger partial charge in [-0.15, -0.1) is 0 Å². The van der Waals surface area contributed by atoms with Gasteiger partial charge in [0.1, 0.15) is 23.1 Å². The van der Waals surface area contributed by atoms with E-state index >= 15 is 0 Å². The lowest BCUT2D eigenvalue weighted by atomic mass is 10.1. The van der Waals surface area contributed by atoms with Crippen molar-refractivity contribution in [2.45, 2.75) is 12.8 Å². The Morgan fingerprint density at radius 2 is 1.79 bits per heavy atom. The van der Waals surface area contributed by atoms with Crippen molar-refractivity contribution in [2.24, 2.45) is 4.99 Å². The SMILES string of the molecule is COc1ccc(/C=C2/N=C(CCc3ccc(F)cc3)NC2=O)cc1. The van der Waals surface area contributed by atoms with E-state index in [-0.39, 0.29) is 11.7 Å². The Morgan fingerprint density at radius 1 is 1.08 bits per heavy atom. The Labute approximate surface area is 139 Å². The zero-order chi connectivity index (χ0) is 16.9. The molecule has 3 rings (SSSR count). The molecule has 1 aliphatic heterocycles. The van der Waals surface area contributed by atoms with E-state index in [1.165, 1.54) is 12.1 Å². The molecule has 1 aliphatic rings. The van der Waals surface area contributed by atoms with Crippen molar-refractivity contribution in [2.75, 3.05) is 7.11 Å². The summed E-state index contributed by atoms with van der Waals surface area (Å²) in [7, 11) is 1.61. The third-order valence-corrected chi connectivity index (χ3v) is 3.73. The third-order valence-electron chi connectivity index (χ3n) is 3.73. The molecule has 0 saturated heterocycles. The molecule has 2 aromatic carbocycles. The summed E-state index contributed by atoms with van der Waals surface area (Å²) >= 11 is 0. The highest BCUT2D eigenvalue weighted by molar-refractivity contribution is 6.14. The maximum atomic E-state index is 12.9. The van der Waals surface area contributed by atoms with Crippen molar-refractivity contribution in [3.63, 3.8) is 0 Å². The Bertz CT molecular complexity index is 793. The number of aliphatic imine (C=N–C) groups is 1. The van der Waals surface area contributed by atoms with Gasteiger partial charge in [0, 0.05) is 6.42 Å². The predicted molar refractivity (Wildman–Crippen MR) is 91.3 cm³/mol. The molecule has 2 aromatic rings. The average molecular weight is 324 g/mol. The van der Waals surface area contributed by atoms with Crippen LogP contribution in [-0.2, 0) is 11.2 Å². The summed E-state index contributed by atoms with van der Waals surface area (Å²) in [5.41, 5.74) is 2.26. The largest absolute Gasteiger partial charge is 0.497 e. The molecular formula is C19H17FN2O2. The number of aryl methyl sites for hydroxylation is 1. The maximum Gasteiger partial charge on any atom is 0.275 e. The number of ether oxygens (including phenoxy) is 1. The highest BCUT2D eigenvalue weighted by Gasteiger charge is 2.19. The lowest BCUT2D eigenvalue weighted by Crippen LogP contribution is -2.24. The second kappa shape index (κ2) is 7.08. The van der Waals surface area contributed by atoms with Crippen LogP contribution in [0.4, 0.5) is 4.39 Å². The molecule has 0 fully saturated rings. The van der Waals surface area contributed by atoms with Gasteiger partial charge in [0.2, 0.25) is 0 Å². The van der Waals surface area contributed by atoms with Crippen molar-refractivity contribution >= 4 is 17.8 Å². The highest BCUT2D eigenvalue weighted by atomic mass is 19.1. The average Bonchev–Trinajstić information content (AvgIpc) is 2.95. The third kappa shape index (κ3) is 3.87. The quantitative estimate of drug-likeness (QED) is 0.858. The van der Waals surface area contributed by atoms with E-state index in [0.29, 0.717) is 24.4 Å². The molecule has 0 spiro atoms. The van der Waals surface area contributed by atoms with Gasteiger partial charge in [-0.25, -0.2) is 9.38 Å². The first-order valence-electron chi connectivity index (χ1n) is 7.63. The number of benzene rings is 2.